The lowest BCUT2D eigenvalue weighted by atomic mass is 10.1. The molecule has 148 valence electrons. The van der Waals surface area contributed by atoms with E-state index in [1.807, 2.05) is 63.2 Å². The van der Waals surface area contributed by atoms with Crippen LogP contribution in [0.25, 0.3) is 6.08 Å². The van der Waals surface area contributed by atoms with Crippen LogP contribution in [0.4, 0.5) is 0 Å². The molecule has 2 rings (SSSR count). The highest BCUT2D eigenvalue weighted by atomic mass is 16.5. The van der Waals surface area contributed by atoms with E-state index in [9.17, 15) is 9.59 Å². The summed E-state index contributed by atoms with van der Waals surface area (Å²) >= 11 is 0. The van der Waals surface area contributed by atoms with Crippen molar-refractivity contribution in [2.75, 3.05) is 6.61 Å². The molecule has 0 saturated heterocycles. The van der Waals surface area contributed by atoms with Crippen LogP contribution in [-0.4, -0.2) is 24.5 Å². The monoisotopic (exact) mass is 382 g/mol. The lowest BCUT2D eigenvalue weighted by molar-refractivity contribution is -0.131. The zero-order chi connectivity index (χ0) is 20.5. The predicted octanol–water partition coefficient (Wildman–Crippen LogP) is 3.33. The number of hydrogen-bond acceptors (Lipinski definition) is 4. The fraction of sp³-hybridized carbons (Fsp3) is 0.273. The van der Waals surface area contributed by atoms with Gasteiger partial charge in [-0.1, -0.05) is 24.3 Å². The second-order valence-corrected chi connectivity index (χ2v) is 6.27. The fourth-order valence-corrected chi connectivity index (χ4v) is 2.38. The summed E-state index contributed by atoms with van der Waals surface area (Å²) in [4.78, 5) is 24.0. The average Bonchev–Trinajstić information content (AvgIpc) is 2.69. The Morgan fingerprint density at radius 2 is 1.79 bits per heavy atom. The summed E-state index contributed by atoms with van der Waals surface area (Å²) in [6.07, 6.45) is 2.23. The van der Waals surface area contributed by atoms with Crippen molar-refractivity contribution >= 4 is 17.9 Å². The minimum absolute atomic E-state index is 0.441. The molecule has 0 radical (unpaired) electrons. The van der Waals surface area contributed by atoms with Gasteiger partial charge in [-0.05, 0) is 68.7 Å². The molecule has 0 fully saturated rings. The second kappa shape index (κ2) is 10.2. The number of carbonyl (C=O) groups excluding carboxylic acids is 2. The van der Waals surface area contributed by atoms with Crippen molar-refractivity contribution in [3.05, 3.63) is 65.2 Å². The number of aryl methyl sites for hydroxylation is 1. The van der Waals surface area contributed by atoms with Gasteiger partial charge in [-0.3, -0.25) is 20.4 Å². The highest BCUT2D eigenvalue weighted by Crippen LogP contribution is 2.21. The molecule has 2 aromatic rings. The quantitative estimate of drug-likeness (QED) is 0.569. The lowest BCUT2D eigenvalue weighted by Crippen LogP contribution is -2.46. The summed E-state index contributed by atoms with van der Waals surface area (Å²) in [6, 6.07) is 13.0. The maximum Gasteiger partial charge on any atom is 0.279 e. The minimum atomic E-state index is -0.754. The molecule has 0 saturated carbocycles. The van der Waals surface area contributed by atoms with Gasteiger partial charge in [0.25, 0.3) is 11.8 Å². The molecule has 28 heavy (non-hydrogen) atoms. The van der Waals surface area contributed by atoms with E-state index in [2.05, 4.69) is 10.9 Å². The molecule has 2 aromatic carbocycles. The van der Waals surface area contributed by atoms with Crippen LogP contribution in [0.2, 0.25) is 0 Å². The zero-order valence-corrected chi connectivity index (χ0v) is 16.6. The van der Waals surface area contributed by atoms with Gasteiger partial charge in [-0.25, -0.2) is 0 Å². The number of hydrogen-bond donors (Lipinski definition) is 2. The summed E-state index contributed by atoms with van der Waals surface area (Å²) in [5, 5.41) is 0. The Bertz CT molecular complexity index is 844. The summed E-state index contributed by atoms with van der Waals surface area (Å²) in [6.45, 7) is 8.05. The third-order valence-electron chi connectivity index (χ3n) is 4.16. The molecule has 0 aliphatic rings. The maximum absolute atomic E-state index is 12.1. The summed E-state index contributed by atoms with van der Waals surface area (Å²) < 4.78 is 11.1. The van der Waals surface area contributed by atoms with E-state index in [1.54, 1.807) is 13.0 Å². The summed E-state index contributed by atoms with van der Waals surface area (Å²) in [7, 11) is 0. The lowest BCUT2D eigenvalue weighted by Gasteiger charge is -2.17. The predicted molar refractivity (Wildman–Crippen MR) is 109 cm³/mol. The first-order valence-corrected chi connectivity index (χ1v) is 9.14. The molecule has 1 atom stereocenters. The van der Waals surface area contributed by atoms with Gasteiger partial charge < -0.3 is 9.47 Å². The van der Waals surface area contributed by atoms with Crippen molar-refractivity contribution in [3.8, 4) is 11.5 Å². The van der Waals surface area contributed by atoms with E-state index < -0.39 is 17.9 Å². The van der Waals surface area contributed by atoms with Gasteiger partial charge in [0.1, 0.15) is 11.5 Å². The van der Waals surface area contributed by atoms with Gasteiger partial charge in [-0.15, -0.1) is 0 Å². The van der Waals surface area contributed by atoms with Crippen molar-refractivity contribution in [2.24, 2.45) is 0 Å². The Hall–Kier alpha value is -3.28. The molecule has 6 heteroatoms. The van der Waals surface area contributed by atoms with Gasteiger partial charge in [0.15, 0.2) is 6.10 Å². The molecule has 0 bridgehead atoms. The van der Waals surface area contributed by atoms with E-state index in [4.69, 9.17) is 9.47 Å². The molecule has 0 aliphatic heterocycles. The number of rotatable bonds is 7. The number of ether oxygens (including phenoxy) is 2. The van der Waals surface area contributed by atoms with E-state index in [0.717, 1.165) is 22.4 Å². The van der Waals surface area contributed by atoms with Crippen molar-refractivity contribution in [1.29, 1.82) is 0 Å². The van der Waals surface area contributed by atoms with Gasteiger partial charge in [-0.2, -0.15) is 0 Å². The molecule has 0 spiro atoms. The Kier molecular flexibility index (Phi) is 7.63. The van der Waals surface area contributed by atoms with Crippen LogP contribution < -0.4 is 20.3 Å². The molecule has 0 heterocycles. The molecular formula is C22H26N2O4. The molecule has 2 amide bonds. The first kappa shape index (κ1) is 21.0. The topological polar surface area (TPSA) is 76.7 Å². The largest absolute Gasteiger partial charge is 0.494 e. The third-order valence-corrected chi connectivity index (χ3v) is 4.16. The molecule has 2 N–H and O–H groups in total. The highest BCUT2D eigenvalue weighted by Gasteiger charge is 2.16. The first-order chi connectivity index (χ1) is 13.4. The smallest absolute Gasteiger partial charge is 0.279 e. The zero-order valence-electron chi connectivity index (χ0n) is 16.6. The van der Waals surface area contributed by atoms with E-state index in [1.165, 1.54) is 6.08 Å². The Morgan fingerprint density at radius 1 is 1.07 bits per heavy atom. The Morgan fingerprint density at radius 3 is 2.46 bits per heavy atom. The van der Waals surface area contributed by atoms with E-state index in [-0.39, 0.29) is 0 Å². The van der Waals surface area contributed by atoms with Crippen LogP contribution in [0.15, 0.2) is 48.5 Å². The van der Waals surface area contributed by atoms with Gasteiger partial charge in [0.2, 0.25) is 0 Å². The average molecular weight is 382 g/mol. The van der Waals surface area contributed by atoms with E-state index in [0.29, 0.717) is 12.4 Å². The van der Waals surface area contributed by atoms with Crippen LogP contribution in [0.3, 0.4) is 0 Å². The van der Waals surface area contributed by atoms with Crippen LogP contribution in [-0.2, 0) is 9.59 Å². The van der Waals surface area contributed by atoms with Gasteiger partial charge in [0.05, 0.1) is 6.61 Å². The standard InChI is InChI=1S/C22H26N2O4/c1-5-27-19-12-9-18(10-13-19)11-14-21(25)23-24-22(26)17(4)28-20-8-6-7-15(2)16(20)3/h6-14,17H,5H2,1-4H3,(H,23,25)(H,24,26)/b14-11+. The van der Waals surface area contributed by atoms with E-state index >= 15 is 0 Å². The fourth-order valence-electron chi connectivity index (χ4n) is 2.38. The SMILES string of the molecule is CCOc1ccc(/C=C/C(=O)NNC(=O)C(C)Oc2cccc(C)c2C)cc1. The van der Waals surface area contributed by atoms with Crippen molar-refractivity contribution in [3.63, 3.8) is 0 Å². The number of hydrazine groups is 1. The molecule has 1 unspecified atom stereocenters. The number of nitrogens with one attached hydrogen (secondary N) is 2. The van der Waals surface area contributed by atoms with Gasteiger partial charge in [0, 0.05) is 6.08 Å². The van der Waals surface area contributed by atoms with Crippen LogP contribution in [0.5, 0.6) is 11.5 Å². The molecular weight excluding hydrogens is 356 g/mol. The van der Waals surface area contributed by atoms with Crippen LogP contribution in [0, 0.1) is 13.8 Å². The first-order valence-electron chi connectivity index (χ1n) is 9.14. The number of benzene rings is 2. The molecule has 0 aromatic heterocycles. The van der Waals surface area contributed by atoms with Crippen molar-refractivity contribution in [2.45, 2.75) is 33.8 Å². The van der Waals surface area contributed by atoms with Crippen molar-refractivity contribution < 1.29 is 19.1 Å². The summed E-state index contributed by atoms with van der Waals surface area (Å²) in [5.41, 5.74) is 7.61. The van der Waals surface area contributed by atoms with Crippen LogP contribution in [0.1, 0.15) is 30.5 Å². The number of carbonyl (C=O) groups is 2. The van der Waals surface area contributed by atoms with Crippen LogP contribution >= 0.6 is 0 Å². The van der Waals surface area contributed by atoms with Gasteiger partial charge >= 0.3 is 0 Å². The third kappa shape index (κ3) is 6.16. The Labute approximate surface area is 165 Å². The maximum atomic E-state index is 12.1. The molecule has 6 nitrogen and oxygen atoms in total. The summed E-state index contributed by atoms with van der Waals surface area (Å²) in [5.74, 6) is 0.531. The Balaban J connectivity index is 1.82. The second-order valence-electron chi connectivity index (χ2n) is 6.27. The highest BCUT2D eigenvalue weighted by molar-refractivity contribution is 5.93. The molecule has 0 aliphatic carbocycles. The minimum Gasteiger partial charge on any atom is -0.494 e. The normalized spacial score (nSPS) is 11.7. The number of amides is 2. The van der Waals surface area contributed by atoms with Crippen molar-refractivity contribution in [1.82, 2.24) is 10.9 Å².